The van der Waals surface area contributed by atoms with Crippen molar-refractivity contribution in [3.05, 3.63) is 101 Å². The van der Waals surface area contributed by atoms with E-state index < -0.39 is 17.8 Å². The number of ketones is 1. The van der Waals surface area contributed by atoms with E-state index in [1.807, 2.05) is 0 Å². The van der Waals surface area contributed by atoms with E-state index in [0.717, 1.165) is 6.07 Å². The first-order valence-electron chi connectivity index (χ1n) is 9.19. The summed E-state index contributed by atoms with van der Waals surface area (Å²) in [5, 5.41) is 0. The standard InChI is InChI=1S/C24H15FO6/c1-29-23(27)15-8-6-14(7-9-15)12-21-22(26)18-11-10-16(13-20(18)31-21)30-24(28)17-4-2-3-5-19(17)25/h2-13H,1H3/b21-12-. The van der Waals surface area contributed by atoms with E-state index >= 15 is 0 Å². The molecule has 4 rings (SSSR count). The van der Waals surface area contributed by atoms with E-state index in [2.05, 4.69) is 4.74 Å². The number of carbonyl (C=O) groups excluding carboxylic acids is 3. The maximum atomic E-state index is 13.8. The average molecular weight is 418 g/mol. The number of esters is 2. The summed E-state index contributed by atoms with van der Waals surface area (Å²) in [5.41, 5.74) is 1.14. The van der Waals surface area contributed by atoms with Crippen molar-refractivity contribution < 1.29 is 33.0 Å². The summed E-state index contributed by atoms with van der Waals surface area (Å²) in [5.74, 6) is -1.92. The quantitative estimate of drug-likeness (QED) is 0.354. The van der Waals surface area contributed by atoms with Crippen LogP contribution in [0.25, 0.3) is 6.08 Å². The summed E-state index contributed by atoms with van der Waals surface area (Å²) < 4.78 is 29.2. The first kappa shape index (κ1) is 20.0. The van der Waals surface area contributed by atoms with Gasteiger partial charge in [0.05, 0.1) is 23.8 Å². The molecule has 0 saturated carbocycles. The number of hydrogen-bond donors (Lipinski definition) is 0. The zero-order valence-electron chi connectivity index (χ0n) is 16.3. The van der Waals surface area contributed by atoms with Crippen LogP contribution in [0.2, 0.25) is 0 Å². The monoisotopic (exact) mass is 418 g/mol. The summed E-state index contributed by atoms with van der Waals surface area (Å²) in [6, 6.07) is 16.2. The number of methoxy groups -OCH3 is 1. The normalized spacial score (nSPS) is 13.5. The summed E-state index contributed by atoms with van der Waals surface area (Å²) in [4.78, 5) is 36.3. The molecule has 0 amide bonds. The van der Waals surface area contributed by atoms with Crippen LogP contribution < -0.4 is 9.47 Å². The third-order valence-electron chi connectivity index (χ3n) is 4.58. The van der Waals surface area contributed by atoms with Gasteiger partial charge in [0.15, 0.2) is 5.76 Å². The van der Waals surface area contributed by atoms with Gasteiger partial charge in [0.25, 0.3) is 0 Å². The van der Waals surface area contributed by atoms with E-state index in [9.17, 15) is 18.8 Å². The number of hydrogen-bond acceptors (Lipinski definition) is 6. The van der Waals surface area contributed by atoms with Crippen LogP contribution in [-0.4, -0.2) is 24.8 Å². The summed E-state index contributed by atoms with van der Waals surface area (Å²) in [7, 11) is 1.29. The number of allylic oxidation sites excluding steroid dienone is 1. The molecule has 6 nitrogen and oxygen atoms in total. The van der Waals surface area contributed by atoms with Crippen LogP contribution in [-0.2, 0) is 4.74 Å². The molecule has 0 aromatic heterocycles. The lowest BCUT2D eigenvalue weighted by Crippen LogP contribution is -2.10. The highest BCUT2D eigenvalue weighted by molar-refractivity contribution is 6.14. The highest BCUT2D eigenvalue weighted by Crippen LogP contribution is 2.35. The van der Waals surface area contributed by atoms with Gasteiger partial charge in [-0.3, -0.25) is 4.79 Å². The van der Waals surface area contributed by atoms with E-state index in [1.165, 1.54) is 49.6 Å². The molecule has 0 spiro atoms. The van der Waals surface area contributed by atoms with Crippen LogP contribution in [0.5, 0.6) is 11.5 Å². The van der Waals surface area contributed by atoms with Crippen LogP contribution in [0.15, 0.2) is 72.5 Å². The van der Waals surface area contributed by atoms with Gasteiger partial charge >= 0.3 is 11.9 Å². The Labute approximate surface area is 176 Å². The van der Waals surface area contributed by atoms with Crippen LogP contribution in [0, 0.1) is 5.82 Å². The lowest BCUT2D eigenvalue weighted by atomic mass is 10.1. The Morgan fingerprint density at radius 1 is 0.968 bits per heavy atom. The smallest absolute Gasteiger partial charge is 0.346 e. The van der Waals surface area contributed by atoms with Crippen LogP contribution in [0.4, 0.5) is 4.39 Å². The van der Waals surface area contributed by atoms with Gasteiger partial charge in [0, 0.05) is 6.07 Å². The first-order valence-corrected chi connectivity index (χ1v) is 9.19. The van der Waals surface area contributed by atoms with E-state index in [4.69, 9.17) is 9.47 Å². The second-order valence-electron chi connectivity index (χ2n) is 6.58. The third-order valence-corrected chi connectivity index (χ3v) is 4.58. The van der Waals surface area contributed by atoms with Crippen molar-refractivity contribution in [3.8, 4) is 11.5 Å². The Bertz CT molecular complexity index is 1230. The molecular weight excluding hydrogens is 403 g/mol. The van der Waals surface area contributed by atoms with Gasteiger partial charge in [-0.05, 0) is 48.0 Å². The second kappa shape index (κ2) is 8.23. The van der Waals surface area contributed by atoms with Crippen molar-refractivity contribution in [2.45, 2.75) is 0 Å². The maximum absolute atomic E-state index is 13.8. The Balaban J connectivity index is 1.53. The molecule has 0 radical (unpaired) electrons. The highest BCUT2D eigenvalue weighted by Gasteiger charge is 2.28. The minimum atomic E-state index is -0.858. The minimum Gasteiger partial charge on any atom is -0.465 e. The molecule has 0 unspecified atom stereocenters. The van der Waals surface area contributed by atoms with Crippen molar-refractivity contribution >= 4 is 23.8 Å². The largest absolute Gasteiger partial charge is 0.465 e. The van der Waals surface area contributed by atoms with Gasteiger partial charge in [0.2, 0.25) is 5.78 Å². The van der Waals surface area contributed by atoms with Gasteiger partial charge in [-0.2, -0.15) is 0 Å². The average Bonchev–Trinajstić information content (AvgIpc) is 3.08. The van der Waals surface area contributed by atoms with E-state index in [-0.39, 0.29) is 28.6 Å². The van der Waals surface area contributed by atoms with Gasteiger partial charge in [-0.25, -0.2) is 14.0 Å². The van der Waals surface area contributed by atoms with Gasteiger partial charge < -0.3 is 14.2 Å². The fourth-order valence-electron chi connectivity index (χ4n) is 3.00. The van der Waals surface area contributed by atoms with E-state index in [0.29, 0.717) is 16.7 Å². The topological polar surface area (TPSA) is 78.9 Å². The Hall–Kier alpha value is -4.26. The Kier molecular flexibility index (Phi) is 5.32. The summed E-state index contributed by atoms with van der Waals surface area (Å²) >= 11 is 0. The van der Waals surface area contributed by atoms with Crippen molar-refractivity contribution in [1.29, 1.82) is 0 Å². The molecule has 1 aliphatic heterocycles. The Morgan fingerprint density at radius 3 is 2.42 bits per heavy atom. The number of Topliss-reactive ketones (excluding diaryl/α,β-unsaturated/α-hetero) is 1. The zero-order valence-corrected chi connectivity index (χ0v) is 16.3. The zero-order chi connectivity index (χ0) is 22.0. The molecule has 1 heterocycles. The highest BCUT2D eigenvalue weighted by atomic mass is 19.1. The first-order chi connectivity index (χ1) is 15.0. The summed E-state index contributed by atoms with van der Waals surface area (Å²) in [6.45, 7) is 0. The third kappa shape index (κ3) is 4.06. The number of halogens is 1. The molecule has 0 fully saturated rings. The van der Waals surface area contributed by atoms with Gasteiger partial charge in [-0.1, -0.05) is 24.3 Å². The van der Waals surface area contributed by atoms with Crippen LogP contribution in [0.1, 0.15) is 36.6 Å². The van der Waals surface area contributed by atoms with E-state index in [1.54, 1.807) is 24.3 Å². The SMILES string of the molecule is COC(=O)c1ccc(/C=C2\Oc3cc(OC(=O)c4ccccc4F)ccc3C2=O)cc1. The predicted molar refractivity (Wildman–Crippen MR) is 109 cm³/mol. The molecule has 31 heavy (non-hydrogen) atoms. The van der Waals surface area contributed by atoms with Crippen molar-refractivity contribution in [2.24, 2.45) is 0 Å². The van der Waals surface area contributed by atoms with Gasteiger partial charge in [0.1, 0.15) is 17.3 Å². The number of carbonyl (C=O) groups is 3. The minimum absolute atomic E-state index is 0.0819. The molecule has 0 saturated heterocycles. The van der Waals surface area contributed by atoms with Crippen molar-refractivity contribution in [1.82, 2.24) is 0 Å². The predicted octanol–water partition coefficient (Wildman–Crippen LogP) is 4.45. The van der Waals surface area contributed by atoms with Crippen LogP contribution in [0.3, 0.4) is 0 Å². The molecule has 0 atom stereocenters. The fraction of sp³-hybridized carbons (Fsp3) is 0.0417. The molecule has 0 N–H and O–H groups in total. The van der Waals surface area contributed by atoms with Gasteiger partial charge in [-0.15, -0.1) is 0 Å². The second-order valence-corrected chi connectivity index (χ2v) is 6.58. The lowest BCUT2D eigenvalue weighted by Gasteiger charge is -2.06. The fourth-order valence-corrected chi connectivity index (χ4v) is 3.00. The molecule has 3 aromatic carbocycles. The molecule has 3 aromatic rings. The lowest BCUT2D eigenvalue weighted by molar-refractivity contribution is 0.0600. The molecule has 0 bridgehead atoms. The summed E-state index contributed by atoms with van der Waals surface area (Å²) in [6.07, 6.45) is 1.54. The maximum Gasteiger partial charge on any atom is 0.346 e. The molecular formula is C24H15FO6. The number of rotatable bonds is 4. The number of ether oxygens (including phenoxy) is 3. The molecule has 1 aliphatic rings. The van der Waals surface area contributed by atoms with Crippen molar-refractivity contribution in [2.75, 3.05) is 7.11 Å². The number of fused-ring (bicyclic) bond motifs is 1. The molecule has 154 valence electrons. The van der Waals surface area contributed by atoms with Crippen LogP contribution >= 0.6 is 0 Å². The molecule has 0 aliphatic carbocycles. The number of benzene rings is 3. The van der Waals surface area contributed by atoms with Crippen molar-refractivity contribution in [3.63, 3.8) is 0 Å². The molecule has 7 heteroatoms. The Morgan fingerprint density at radius 2 is 1.71 bits per heavy atom.